The second kappa shape index (κ2) is 8.67. The number of hydrogen-bond acceptors (Lipinski definition) is 0. The molecule has 4 aromatic rings. The zero-order valence-electron chi connectivity index (χ0n) is 19.8. The van der Waals surface area contributed by atoms with Crippen molar-refractivity contribution < 1.29 is 4.57 Å². The first kappa shape index (κ1) is 21.3. The maximum absolute atomic E-state index is 2.40. The summed E-state index contributed by atoms with van der Waals surface area (Å²) in [5.74, 6) is 0.639. The monoisotopic (exact) mass is 408 g/mol. The predicted molar refractivity (Wildman–Crippen MR) is 134 cm³/mol. The lowest BCUT2D eigenvalue weighted by Gasteiger charge is -2.15. The highest BCUT2D eigenvalue weighted by Crippen LogP contribution is 2.34. The van der Waals surface area contributed by atoms with E-state index in [1.54, 1.807) is 0 Å². The Kier molecular flexibility index (Phi) is 5.96. The number of pyridine rings is 1. The van der Waals surface area contributed by atoms with Gasteiger partial charge < -0.3 is 0 Å². The molecule has 1 heterocycles. The predicted octanol–water partition coefficient (Wildman–Crippen LogP) is 7.83. The fraction of sp³-hybridized carbons (Fsp3) is 0.300. The van der Waals surface area contributed by atoms with Gasteiger partial charge in [-0.15, -0.1) is 0 Å². The molecule has 0 aliphatic heterocycles. The summed E-state index contributed by atoms with van der Waals surface area (Å²) in [5.41, 5.74) is 10.7. The minimum Gasteiger partial charge on any atom is -0.200 e. The Hall–Kier alpha value is -2.93. The zero-order chi connectivity index (χ0) is 22.1. The van der Waals surface area contributed by atoms with E-state index in [1.807, 2.05) is 0 Å². The maximum atomic E-state index is 2.40. The molecule has 0 bridgehead atoms. The Morgan fingerprint density at radius 1 is 0.774 bits per heavy atom. The number of benzene rings is 3. The average molecular weight is 409 g/mol. The molecule has 0 radical (unpaired) electrons. The molecule has 0 aliphatic carbocycles. The van der Waals surface area contributed by atoms with Gasteiger partial charge in [-0.1, -0.05) is 56.3 Å². The lowest BCUT2D eigenvalue weighted by Crippen LogP contribution is -2.30. The van der Waals surface area contributed by atoms with Crippen molar-refractivity contribution in [1.29, 1.82) is 0 Å². The summed E-state index contributed by atoms with van der Waals surface area (Å²) in [7, 11) is 2.16. The SMILES string of the molecule is CCC(CC)c1ccc2c(-c3ccc(-c4c(C)cccc4C)cc3C)[n+](C)ccc2c1. The molecule has 0 fully saturated rings. The van der Waals surface area contributed by atoms with Crippen LogP contribution in [0.15, 0.2) is 66.9 Å². The minimum absolute atomic E-state index is 0.639. The lowest BCUT2D eigenvalue weighted by atomic mass is 9.90. The van der Waals surface area contributed by atoms with E-state index < -0.39 is 0 Å². The van der Waals surface area contributed by atoms with Crippen LogP contribution >= 0.6 is 0 Å². The van der Waals surface area contributed by atoms with Crippen LogP contribution in [0.5, 0.6) is 0 Å². The van der Waals surface area contributed by atoms with Gasteiger partial charge in [-0.25, -0.2) is 4.57 Å². The molecule has 0 atom stereocenters. The Bertz CT molecular complexity index is 1220. The number of hydrogen-bond donors (Lipinski definition) is 0. The van der Waals surface area contributed by atoms with Crippen molar-refractivity contribution in [1.82, 2.24) is 0 Å². The Labute approximate surface area is 187 Å². The van der Waals surface area contributed by atoms with Crippen molar-refractivity contribution in [2.75, 3.05) is 0 Å². The molecule has 1 heteroatoms. The third kappa shape index (κ3) is 3.90. The van der Waals surface area contributed by atoms with Crippen LogP contribution in [-0.2, 0) is 7.05 Å². The van der Waals surface area contributed by atoms with Gasteiger partial charge in [0.05, 0.1) is 5.39 Å². The first-order chi connectivity index (χ1) is 14.9. The molecule has 158 valence electrons. The smallest absolute Gasteiger partial charge is 0.200 e. The van der Waals surface area contributed by atoms with Gasteiger partial charge in [-0.3, -0.25) is 0 Å². The summed E-state index contributed by atoms with van der Waals surface area (Å²) in [6, 6.07) is 22.8. The van der Waals surface area contributed by atoms with Crippen molar-refractivity contribution in [3.05, 3.63) is 89.1 Å². The molecular formula is C30H34N+. The largest absolute Gasteiger partial charge is 0.220 e. The molecule has 0 saturated carbocycles. The first-order valence-electron chi connectivity index (χ1n) is 11.5. The van der Waals surface area contributed by atoms with Crippen LogP contribution in [0.4, 0.5) is 0 Å². The molecule has 3 aromatic carbocycles. The molecule has 0 aliphatic rings. The number of aromatic nitrogens is 1. The Morgan fingerprint density at radius 3 is 2.13 bits per heavy atom. The van der Waals surface area contributed by atoms with Gasteiger partial charge in [-0.05, 0) is 90.4 Å². The standard InChI is InChI=1S/C30H34N/c1-7-23(8-2)24-12-15-28-25(19-24)16-17-31(6)30(28)27-14-13-26(18-22(27)5)29-20(3)10-9-11-21(29)4/h9-19,23H,7-8H2,1-6H3/q+1. The summed E-state index contributed by atoms with van der Waals surface area (Å²) in [4.78, 5) is 0. The molecule has 31 heavy (non-hydrogen) atoms. The van der Waals surface area contributed by atoms with Crippen LogP contribution in [0.3, 0.4) is 0 Å². The van der Waals surface area contributed by atoms with Gasteiger partial charge in [0.25, 0.3) is 0 Å². The third-order valence-electron chi connectivity index (χ3n) is 6.87. The fourth-order valence-corrected chi connectivity index (χ4v) is 5.10. The van der Waals surface area contributed by atoms with Crippen molar-refractivity contribution in [3.8, 4) is 22.4 Å². The van der Waals surface area contributed by atoms with Gasteiger partial charge in [0.15, 0.2) is 6.20 Å². The first-order valence-corrected chi connectivity index (χ1v) is 11.5. The molecule has 1 nitrogen and oxygen atoms in total. The number of aryl methyl sites for hydroxylation is 4. The van der Waals surface area contributed by atoms with E-state index in [2.05, 4.69) is 113 Å². The molecular weight excluding hydrogens is 374 g/mol. The molecule has 0 N–H and O–H groups in total. The van der Waals surface area contributed by atoms with E-state index in [0.29, 0.717) is 5.92 Å². The minimum atomic E-state index is 0.639. The van der Waals surface area contributed by atoms with Gasteiger partial charge in [-0.2, -0.15) is 0 Å². The van der Waals surface area contributed by atoms with Crippen molar-refractivity contribution >= 4 is 10.8 Å². The van der Waals surface area contributed by atoms with Gasteiger partial charge >= 0.3 is 0 Å². The summed E-state index contributed by atoms with van der Waals surface area (Å²) in [6.45, 7) is 11.2. The second-order valence-corrected chi connectivity index (χ2v) is 8.93. The molecule has 0 spiro atoms. The van der Waals surface area contributed by atoms with E-state index in [4.69, 9.17) is 0 Å². The van der Waals surface area contributed by atoms with Crippen LogP contribution in [-0.4, -0.2) is 0 Å². The van der Waals surface area contributed by atoms with E-state index in [0.717, 1.165) is 0 Å². The highest BCUT2D eigenvalue weighted by atomic mass is 14.9. The van der Waals surface area contributed by atoms with Gasteiger partial charge in [0.1, 0.15) is 7.05 Å². The van der Waals surface area contributed by atoms with Crippen LogP contribution in [0, 0.1) is 20.8 Å². The van der Waals surface area contributed by atoms with Crippen molar-refractivity contribution in [2.45, 2.75) is 53.4 Å². The van der Waals surface area contributed by atoms with Crippen molar-refractivity contribution in [3.63, 3.8) is 0 Å². The Balaban J connectivity index is 1.86. The zero-order valence-corrected chi connectivity index (χ0v) is 19.8. The van der Waals surface area contributed by atoms with E-state index in [-0.39, 0.29) is 0 Å². The average Bonchev–Trinajstić information content (AvgIpc) is 2.75. The van der Waals surface area contributed by atoms with E-state index >= 15 is 0 Å². The quantitative estimate of drug-likeness (QED) is 0.296. The molecule has 4 rings (SSSR count). The van der Waals surface area contributed by atoms with Gasteiger partial charge in [0, 0.05) is 11.6 Å². The summed E-state index contributed by atoms with van der Waals surface area (Å²) in [5, 5.41) is 2.65. The lowest BCUT2D eigenvalue weighted by molar-refractivity contribution is -0.659. The molecule has 0 amide bonds. The second-order valence-electron chi connectivity index (χ2n) is 8.93. The molecule has 1 aromatic heterocycles. The summed E-state index contributed by atoms with van der Waals surface area (Å²) < 4.78 is 2.26. The highest BCUT2D eigenvalue weighted by molar-refractivity contribution is 5.94. The van der Waals surface area contributed by atoms with Gasteiger partial charge in [0.2, 0.25) is 5.69 Å². The van der Waals surface area contributed by atoms with Crippen molar-refractivity contribution in [2.24, 2.45) is 7.05 Å². The van der Waals surface area contributed by atoms with Crippen LogP contribution < -0.4 is 4.57 Å². The number of rotatable bonds is 5. The normalized spacial score (nSPS) is 11.5. The fourth-order valence-electron chi connectivity index (χ4n) is 5.10. The number of fused-ring (bicyclic) bond motifs is 1. The summed E-state index contributed by atoms with van der Waals surface area (Å²) in [6.07, 6.45) is 4.58. The highest BCUT2D eigenvalue weighted by Gasteiger charge is 2.19. The topological polar surface area (TPSA) is 3.88 Å². The number of nitrogens with zero attached hydrogens (tertiary/aromatic N) is 1. The van der Waals surface area contributed by atoms with E-state index in [9.17, 15) is 0 Å². The summed E-state index contributed by atoms with van der Waals surface area (Å²) >= 11 is 0. The van der Waals surface area contributed by atoms with Crippen LogP contribution in [0.2, 0.25) is 0 Å². The third-order valence-corrected chi connectivity index (χ3v) is 6.87. The maximum Gasteiger partial charge on any atom is 0.220 e. The van der Waals surface area contributed by atoms with Crippen LogP contribution in [0.1, 0.15) is 54.9 Å². The molecule has 0 unspecified atom stereocenters. The van der Waals surface area contributed by atoms with Crippen LogP contribution in [0.25, 0.3) is 33.2 Å². The molecule has 0 saturated heterocycles. The Morgan fingerprint density at radius 2 is 1.48 bits per heavy atom. The van der Waals surface area contributed by atoms with E-state index in [1.165, 1.54) is 68.3 Å².